The Morgan fingerprint density at radius 2 is 0.785 bits per heavy atom. The molecule has 701 valence electrons. The van der Waals surface area contributed by atoms with Crippen LogP contribution in [0.1, 0.15) is 22.5 Å². The summed E-state index contributed by atoms with van der Waals surface area (Å²) in [5, 5.41) is 20.3. The molecule has 1 spiro atoms. The van der Waals surface area contributed by atoms with Gasteiger partial charge in [-0.25, -0.2) is 0 Å². The van der Waals surface area contributed by atoms with Gasteiger partial charge in [-0.05, 0) is 227 Å². The Labute approximate surface area is 885 Å². The number of para-hydroxylation sites is 5. The molecule has 3 radical (unpaired) electrons. The maximum Gasteiger partial charge on any atom is 0.182 e. The Bertz CT molecular complexity index is 8460. The van der Waals surface area contributed by atoms with Crippen LogP contribution in [-0.4, -0.2) is 44.7 Å². The number of hydrogen-bond acceptors (Lipinski definition) is 8. The smallest absolute Gasteiger partial charge is 0.182 e. The molecule has 0 aliphatic carbocycles. The first-order valence-corrected chi connectivity index (χ1v) is 50.3. The summed E-state index contributed by atoms with van der Waals surface area (Å²) in [6.45, 7) is 10.8. The fraction of sp³-hybridized carbons (Fsp3) is 0.0385. The van der Waals surface area contributed by atoms with Crippen molar-refractivity contribution in [2.45, 2.75) is 27.7 Å². The number of rotatable bonds is 12. The third kappa shape index (κ3) is 18.7. The van der Waals surface area contributed by atoms with Crippen molar-refractivity contribution in [3.8, 4) is 134 Å². The van der Waals surface area contributed by atoms with Crippen LogP contribution >= 0.6 is 11.3 Å². The zero-order valence-corrected chi connectivity index (χ0v) is 88.4. The van der Waals surface area contributed by atoms with E-state index in [0.717, 1.165) is 95.2 Å². The van der Waals surface area contributed by atoms with Crippen molar-refractivity contribution in [2.75, 3.05) is 16.8 Å². The second-order valence-corrected chi connectivity index (χ2v) is 40.4. The second-order valence-electron chi connectivity index (χ2n) is 35.6. The van der Waals surface area contributed by atoms with E-state index in [2.05, 4.69) is 406 Å². The fourth-order valence-corrected chi connectivity index (χ4v) is 27.3. The monoisotopic (exact) mass is 2420 g/mol. The summed E-state index contributed by atoms with van der Waals surface area (Å²) in [6, 6.07) is 170. The molecule has 0 N–H and O–H groups in total. The van der Waals surface area contributed by atoms with Crippen molar-refractivity contribution >= 4 is 99.3 Å². The van der Waals surface area contributed by atoms with Crippen LogP contribution in [-0.2, 0) is 60.3 Å². The van der Waals surface area contributed by atoms with Gasteiger partial charge in [-0.3, -0.25) is 9.36 Å². The molecular formula is C130H92Ir3N8OSSi-6. The van der Waals surface area contributed by atoms with E-state index in [4.69, 9.17) is 9.52 Å². The van der Waals surface area contributed by atoms with Gasteiger partial charge in [0.05, 0.1) is 11.9 Å². The summed E-state index contributed by atoms with van der Waals surface area (Å²) in [4.78, 5) is 13.3. The molecule has 3 aliphatic rings. The van der Waals surface area contributed by atoms with Gasteiger partial charge in [-0.2, -0.15) is 83.6 Å². The summed E-state index contributed by atoms with van der Waals surface area (Å²) >= 11 is 1.85. The number of hydrogen-bond donors (Lipinski definition) is 0. The molecule has 144 heavy (non-hydrogen) atoms. The predicted octanol–water partition coefficient (Wildman–Crippen LogP) is 30.1. The Morgan fingerprint density at radius 1 is 0.319 bits per heavy atom. The van der Waals surface area contributed by atoms with Crippen LogP contribution in [0.5, 0.6) is 0 Å². The van der Waals surface area contributed by atoms with E-state index in [9.17, 15) is 0 Å². The van der Waals surface area contributed by atoms with E-state index in [0.29, 0.717) is 0 Å². The molecule has 6 aromatic heterocycles. The third-order valence-electron chi connectivity index (χ3n) is 27.0. The van der Waals surface area contributed by atoms with E-state index in [1.54, 1.807) is 0 Å². The van der Waals surface area contributed by atoms with Gasteiger partial charge >= 0.3 is 0 Å². The predicted molar refractivity (Wildman–Crippen MR) is 587 cm³/mol. The number of pyridine rings is 2. The minimum atomic E-state index is -2.44. The number of nitrogens with zero attached hydrogens (tertiary/aromatic N) is 8. The Morgan fingerprint density at radius 3 is 1.40 bits per heavy atom. The van der Waals surface area contributed by atoms with Gasteiger partial charge < -0.3 is 24.2 Å². The molecule has 14 heteroatoms. The van der Waals surface area contributed by atoms with E-state index < -0.39 is 8.07 Å². The average Bonchev–Trinajstić information content (AvgIpc) is 1.50. The molecule has 18 aromatic carbocycles. The maximum absolute atomic E-state index is 6.01. The second kappa shape index (κ2) is 42.3. The van der Waals surface area contributed by atoms with Crippen LogP contribution in [0.3, 0.4) is 0 Å². The standard InChI is InChI=1S/C35H25N2Si.C28H24N2.C23H14NO.C23H14NS.C21H15N2.3Ir/c1-23-35(24(2)37(36-23)26-12-4-3-5-13-26)25-20-21-30-29-16-8-11-19-33(29)38(34(30)22-25)31-17-9-6-14-27(31)28-15-7-10-18-32(28)38;1-20-16-24(22-10-5-4-6-11-22)17-21(2)28(20)23-12-9-13-25(18-23)30-19-29(3)26-14-7-8-15-27(26)30;2*1-2-6-16(7-3-1)21-14-18(12-13-24-21)17-10-11-20-19-8-4-5-9-22(19)25-23(20)15-17;1-3-7-17(8-4-1)18-11-13-19(14-12-18)20-15-22-23(16-20)21-9-5-2-6-10-21;;;/h3-12,14-22H,1-2H3;4-12,14-19H,1-3H3;2*1-6,8-15H;1-9,11-16H;;;/q-1;-2;3*-1;;;. The number of aromatic nitrogens is 6. The van der Waals surface area contributed by atoms with Crippen molar-refractivity contribution in [2.24, 2.45) is 0 Å². The van der Waals surface area contributed by atoms with Crippen molar-refractivity contribution in [3.63, 3.8) is 0 Å². The summed E-state index contributed by atoms with van der Waals surface area (Å²) in [5.74, 6) is 0. The summed E-state index contributed by atoms with van der Waals surface area (Å²) in [5.41, 5.74) is 38.2. The zero-order chi connectivity index (χ0) is 94.9. The third-order valence-corrected chi connectivity index (χ3v) is 33.1. The number of benzene rings is 18. The van der Waals surface area contributed by atoms with E-state index in [-0.39, 0.29) is 60.3 Å². The topological polar surface area (TPSA) is 81.0 Å². The van der Waals surface area contributed by atoms with Gasteiger partial charge in [0.2, 0.25) is 0 Å². The maximum atomic E-state index is 6.01. The number of furan rings is 1. The van der Waals surface area contributed by atoms with Gasteiger partial charge in [-0.15, -0.1) is 113 Å². The van der Waals surface area contributed by atoms with Gasteiger partial charge in [0.25, 0.3) is 0 Å². The van der Waals surface area contributed by atoms with Crippen molar-refractivity contribution in [3.05, 3.63) is 521 Å². The summed E-state index contributed by atoms with van der Waals surface area (Å²) in [7, 11) is -0.359. The van der Waals surface area contributed by atoms with Crippen molar-refractivity contribution < 1.29 is 64.7 Å². The molecular weight excluding hydrogens is 2330 g/mol. The molecule has 0 fully saturated rings. The quantitative estimate of drug-likeness (QED) is 0.0890. The largest absolute Gasteiger partial charge is 0.504 e. The molecule has 0 atom stereocenters. The Balaban J connectivity index is 0.000000111. The van der Waals surface area contributed by atoms with Gasteiger partial charge in [-0.1, -0.05) is 267 Å². The first-order chi connectivity index (χ1) is 69.5. The van der Waals surface area contributed by atoms with Crippen molar-refractivity contribution in [1.29, 1.82) is 0 Å². The van der Waals surface area contributed by atoms with E-state index in [1.807, 2.05) is 173 Å². The van der Waals surface area contributed by atoms with Crippen LogP contribution in [0.25, 0.3) is 176 Å². The zero-order valence-electron chi connectivity index (χ0n) is 79.4. The van der Waals surface area contributed by atoms with E-state index >= 15 is 0 Å². The van der Waals surface area contributed by atoms with Crippen LogP contribution in [0, 0.1) is 64.7 Å². The van der Waals surface area contributed by atoms with Gasteiger partial charge in [0, 0.05) is 138 Å². The Kier molecular flexibility index (Phi) is 28.2. The molecule has 27 rings (SSSR count). The number of anilines is 3. The van der Waals surface area contributed by atoms with E-state index in [1.165, 1.54) is 141 Å². The summed E-state index contributed by atoms with van der Waals surface area (Å²) < 4.78 is 12.5. The van der Waals surface area contributed by atoms with Gasteiger partial charge in [0.1, 0.15) is 11.2 Å². The molecule has 0 amide bonds. The molecule has 0 saturated heterocycles. The minimum Gasteiger partial charge on any atom is -0.504 e. The first kappa shape index (κ1) is 96.0. The Hall–Kier alpha value is -15.5. The number of aryl methyl sites for hydroxylation is 3. The number of thiophene rings is 1. The normalized spacial score (nSPS) is 11.9. The molecule has 0 unspecified atom stereocenters. The van der Waals surface area contributed by atoms with Crippen LogP contribution in [0.4, 0.5) is 17.1 Å². The SMILES string of the molecule is Cc1cc(-c2ccccc2)cc(C)c1-c1cc[c-]c(N2[CH-]N(C)c3ccccc32)c1.Cc1nn(-c2[c-]cccc2)c(C)c1-c1ccc2c(c1)[Si]1(c3ccccc3-c3ccccc31)c1ccccc1-2.[Ir].[Ir].[Ir].[c-]1ccccc1-c1cc(-c2ccc3c(c2)oc2ccccc23)ccn1.[c-]1ccccc1-c1cc(-c2ccc3c(c2)sc2ccccc23)ccn1.[c-]1ccccc1-n1cc(-c2ccc(-c3ccccc3)cc2)cn1. The minimum absolute atomic E-state index is 0. The molecule has 9 heterocycles. The molecule has 0 saturated carbocycles. The molecule has 24 aromatic rings. The van der Waals surface area contributed by atoms with Crippen LogP contribution < -0.4 is 30.5 Å². The molecule has 9 nitrogen and oxygen atoms in total. The average molecular weight is 2420 g/mol. The summed E-state index contributed by atoms with van der Waals surface area (Å²) in [6.07, 6.45) is 7.64. The van der Waals surface area contributed by atoms with Crippen LogP contribution in [0.2, 0.25) is 0 Å². The number of fused-ring (bicyclic) bond motifs is 17. The van der Waals surface area contributed by atoms with Crippen LogP contribution in [0.15, 0.2) is 466 Å². The van der Waals surface area contributed by atoms with Crippen molar-refractivity contribution in [1.82, 2.24) is 29.5 Å². The van der Waals surface area contributed by atoms with Gasteiger partial charge in [0.15, 0.2) is 8.07 Å². The molecule has 0 bridgehead atoms. The fourth-order valence-electron chi connectivity index (χ4n) is 20.5. The first-order valence-electron chi connectivity index (χ1n) is 47.5. The molecule has 3 aliphatic heterocycles.